The molecule has 3 heteroatoms. The lowest BCUT2D eigenvalue weighted by Crippen LogP contribution is -2.35. The fourth-order valence-corrected chi connectivity index (χ4v) is 2.89. The molecule has 0 atom stereocenters. The van der Waals surface area contributed by atoms with Crippen molar-refractivity contribution in [1.29, 1.82) is 0 Å². The second-order valence-electron chi connectivity index (χ2n) is 5.40. The van der Waals surface area contributed by atoms with Gasteiger partial charge in [0.15, 0.2) is 0 Å². The van der Waals surface area contributed by atoms with Gasteiger partial charge in [-0.1, -0.05) is 18.6 Å². The molecule has 1 heterocycles. The van der Waals surface area contributed by atoms with E-state index >= 15 is 0 Å². The van der Waals surface area contributed by atoms with Crippen molar-refractivity contribution >= 4 is 11.6 Å². The third kappa shape index (κ3) is 1.84. The number of hydrogen-bond acceptors (Lipinski definition) is 2. The summed E-state index contributed by atoms with van der Waals surface area (Å²) in [5.41, 5.74) is 3.41. The summed E-state index contributed by atoms with van der Waals surface area (Å²) in [6.45, 7) is 0.279. The van der Waals surface area contributed by atoms with E-state index in [9.17, 15) is 9.90 Å². The zero-order chi connectivity index (χ0) is 11.9. The molecule has 1 amide bonds. The van der Waals surface area contributed by atoms with Crippen LogP contribution in [0.3, 0.4) is 0 Å². The van der Waals surface area contributed by atoms with Gasteiger partial charge in [0.25, 0.3) is 0 Å². The fourth-order valence-electron chi connectivity index (χ4n) is 2.89. The monoisotopic (exact) mass is 231 g/mol. The van der Waals surface area contributed by atoms with E-state index in [1.807, 2.05) is 6.07 Å². The Morgan fingerprint density at radius 3 is 2.82 bits per heavy atom. The molecular weight excluding hydrogens is 214 g/mol. The minimum Gasteiger partial charge on any atom is -0.396 e. The highest BCUT2D eigenvalue weighted by atomic mass is 16.3. The van der Waals surface area contributed by atoms with Crippen LogP contribution in [0.25, 0.3) is 0 Å². The van der Waals surface area contributed by atoms with E-state index in [2.05, 4.69) is 17.4 Å². The third-order valence-electron chi connectivity index (χ3n) is 4.12. The molecule has 1 fully saturated rings. The van der Waals surface area contributed by atoms with Crippen LogP contribution in [0.2, 0.25) is 0 Å². The lowest BCUT2D eigenvalue weighted by atomic mass is 9.66. The first kappa shape index (κ1) is 10.8. The third-order valence-corrected chi connectivity index (χ3v) is 4.12. The zero-order valence-electron chi connectivity index (χ0n) is 9.83. The Kier molecular flexibility index (Phi) is 2.44. The fraction of sp³-hybridized carbons (Fsp3) is 0.500. The number of aliphatic hydroxyl groups excluding tert-OH is 1. The Morgan fingerprint density at radius 1 is 1.35 bits per heavy atom. The number of hydrogen-bond donors (Lipinski definition) is 2. The Balaban J connectivity index is 1.81. The number of aliphatic hydroxyl groups is 1. The van der Waals surface area contributed by atoms with Crippen molar-refractivity contribution < 1.29 is 9.90 Å². The van der Waals surface area contributed by atoms with Gasteiger partial charge in [0.05, 0.1) is 6.42 Å². The standard InChI is InChI=1S/C14H17NO2/c16-9-14(4-1-5-14)8-10-2-3-12-11(6-10)7-13(17)15-12/h2-3,6,16H,1,4-5,7-9H2,(H,15,17). The average Bonchev–Trinajstić information content (AvgIpc) is 2.63. The van der Waals surface area contributed by atoms with Gasteiger partial charge in [-0.05, 0) is 41.9 Å². The normalized spacial score (nSPS) is 20.6. The van der Waals surface area contributed by atoms with Crippen LogP contribution in [0, 0.1) is 5.41 Å². The highest BCUT2D eigenvalue weighted by molar-refractivity contribution is 5.99. The summed E-state index contributed by atoms with van der Waals surface area (Å²) in [6, 6.07) is 6.17. The molecule has 2 N–H and O–H groups in total. The molecule has 0 bridgehead atoms. The smallest absolute Gasteiger partial charge is 0.228 e. The van der Waals surface area contributed by atoms with Crippen molar-refractivity contribution in [2.75, 3.05) is 11.9 Å². The van der Waals surface area contributed by atoms with Crippen molar-refractivity contribution in [3.8, 4) is 0 Å². The van der Waals surface area contributed by atoms with E-state index in [0.717, 1.165) is 30.5 Å². The number of rotatable bonds is 3. The van der Waals surface area contributed by atoms with Crippen LogP contribution in [0.4, 0.5) is 5.69 Å². The molecule has 1 aromatic rings. The summed E-state index contributed by atoms with van der Waals surface area (Å²) in [5.74, 6) is 0.0812. The first-order chi connectivity index (χ1) is 8.21. The van der Waals surface area contributed by atoms with Crippen molar-refractivity contribution in [3.63, 3.8) is 0 Å². The lowest BCUT2D eigenvalue weighted by molar-refractivity contribution is -0.115. The van der Waals surface area contributed by atoms with Crippen LogP contribution >= 0.6 is 0 Å². The molecule has 0 radical (unpaired) electrons. The van der Waals surface area contributed by atoms with E-state index in [1.165, 1.54) is 12.0 Å². The summed E-state index contributed by atoms with van der Waals surface area (Å²) in [5, 5.41) is 12.3. The molecule has 2 aliphatic rings. The van der Waals surface area contributed by atoms with Crippen LogP contribution in [0.1, 0.15) is 30.4 Å². The Hall–Kier alpha value is -1.35. The molecule has 1 aromatic carbocycles. The minimum absolute atomic E-state index is 0.0812. The van der Waals surface area contributed by atoms with Gasteiger partial charge in [-0.3, -0.25) is 4.79 Å². The van der Waals surface area contributed by atoms with Crippen molar-refractivity contribution in [1.82, 2.24) is 0 Å². The largest absolute Gasteiger partial charge is 0.396 e. The van der Waals surface area contributed by atoms with E-state index in [0.29, 0.717) is 6.42 Å². The predicted molar refractivity (Wildman–Crippen MR) is 65.8 cm³/mol. The Labute approximate surface area is 101 Å². The van der Waals surface area contributed by atoms with E-state index in [1.54, 1.807) is 0 Å². The maximum absolute atomic E-state index is 11.3. The topological polar surface area (TPSA) is 49.3 Å². The van der Waals surface area contributed by atoms with Gasteiger partial charge in [0.2, 0.25) is 5.91 Å². The van der Waals surface area contributed by atoms with Gasteiger partial charge < -0.3 is 10.4 Å². The van der Waals surface area contributed by atoms with Crippen LogP contribution in [-0.4, -0.2) is 17.6 Å². The summed E-state index contributed by atoms with van der Waals surface area (Å²) in [6.07, 6.45) is 4.90. The van der Waals surface area contributed by atoms with E-state index in [4.69, 9.17) is 0 Å². The van der Waals surface area contributed by atoms with Crippen LogP contribution in [0.15, 0.2) is 18.2 Å². The number of nitrogens with one attached hydrogen (secondary N) is 1. The molecule has 1 saturated carbocycles. The first-order valence-corrected chi connectivity index (χ1v) is 6.23. The van der Waals surface area contributed by atoms with Crippen molar-refractivity contribution in [2.24, 2.45) is 5.41 Å². The quantitative estimate of drug-likeness (QED) is 0.834. The van der Waals surface area contributed by atoms with Crippen molar-refractivity contribution in [2.45, 2.75) is 32.1 Å². The molecule has 3 nitrogen and oxygen atoms in total. The molecule has 17 heavy (non-hydrogen) atoms. The zero-order valence-corrected chi connectivity index (χ0v) is 9.83. The number of carbonyl (C=O) groups excluding carboxylic acids is 1. The molecular formula is C14H17NO2. The molecule has 0 unspecified atom stereocenters. The molecule has 0 aromatic heterocycles. The molecule has 1 aliphatic heterocycles. The summed E-state index contributed by atoms with van der Waals surface area (Å²) in [7, 11) is 0. The second kappa shape index (κ2) is 3.84. The van der Waals surface area contributed by atoms with Crippen LogP contribution in [0.5, 0.6) is 0 Å². The number of anilines is 1. The first-order valence-electron chi connectivity index (χ1n) is 6.23. The van der Waals surface area contributed by atoms with E-state index in [-0.39, 0.29) is 17.9 Å². The van der Waals surface area contributed by atoms with Crippen molar-refractivity contribution in [3.05, 3.63) is 29.3 Å². The number of carbonyl (C=O) groups is 1. The summed E-state index contributed by atoms with van der Waals surface area (Å²) in [4.78, 5) is 11.3. The van der Waals surface area contributed by atoms with Gasteiger partial charge in [-0.15, -0.1) is 0 Å². The Bertz CT molecular complexity index is 458. The van der Waals surface area contributed by atoms with Crippen LogP contribution < -0.4 is 5.32 Å². The summed E-state index contributed by atoms with van der Waals surface area (Å²) >= 11 is 0. The van der Waals surface area contributed by atoms with Gasteiger partial charge in [0, 0.05) is 12.3 Å². The predicted octanol–water partition coefficient (Wildman–Crippen LogP) is 1.89. The maximum Gasteiger partial charge on any atom is 0.228 e. The molecule has 0 saturated heterocycles. The van der Waals surface area contributed by atoms with Gasteiger partial charge in [0.1, 0.15) is 0 Å². The highest BCUT2D eigenvalue weighted by Gasteiger charge is 2.36. The summed E-state index contributed by atoms with van der Waals surface area (Å²) < 4.78 is 0. The molecule has 90 valence electrons. The van der Waals surface area contributed by atoms with Gasteiger partial charge in [-0.25, -0.2) is 0 Å². The van der Waals surface area contributed by atoms with Gasteiger partial charge >= 0.3 is 0 Å². The van der Waals surface area contributed by atoms with E-state index < -0.39 is 0 Å². The lowest BCUT2D eigenvalue weighted by Gasteiger charge is -2.40. The highest BCUT2D eigenvalue weighted by Crippen LogP contribution is 2.43. The average molecular weight is 231 g/mol. The SMILES string of the molecule is O=C1Cc2cc(CC3(CO)CCC3)ccc2N1. The van der Waals surface area contributed by atoms with Gasteiger partial charge in [-0.2, -0.15) is 0 Å². The maximum atomic E-state index is 11.3. The molecule has 3 rings (SSSR count). The minimum atomic E-state index is 0.0812. The number of fused-ring (bicyclic) bond motifs is 1. The van der Waals surface area contributed by atoms with Crippen LogP contribution in [-0.2, 0) is 17.6 Å². The number of amides is 1. The Morgan fingerprint density at radius 2 is 2.18 bits per heavy atom. The molecule has 1 aliphatic carbocycles. The molecule has 0 spiro atoms. The second-order valence-corrected chi connectivity index (χ2v) is 5.40. The number of benzene rings is 1.